The summed E-state index contributed by atoms with van der Waals surface area (Å²) in [6.45, 7) is 8.71. The summed E-state index contributed by atoms with van der Waals surface area (Å²) in [6, 6.07) is 13.1. The lowest BCUT2D eigenvalue weighted by Gasteiger charge is -2.18. The number of benzene rings is 2. The highest BCUT2D eigenvalue weighted by Crippen LogP contribution is 2.37. The van der Waals surface area contributed by atoms with Crippen LogP contribution in [0.2, 0.25) is 0 Å². The molecule has 0 saturated carbocycles. The van der Waals surface area contributed by atoms with Gasteiger partial charge in [0.15, 0.2) is 11.5 Å². The number of nitrogens with zero attached hydrogens (tertiary/aromatic N) is 1. The van der Waals surface area contributed by atoms with E-state index in [1.165, 1.54) is 7.11 Å². The van der Waals surface area contributed by atoms with Gasteiger partial charge in [-0.3, -0.25) is 9.69 Å². The molecule has 0 unspecified atom stereocenters. The first-order valence-electron chi connectivity index (χ1n) is 10.7. The Morgan fingerprint density at radius 3 is 2.47 bits per heavy atom. The van der Waals surface area contributed by atoms with Crippen molar-refractivity contribution < 1.29 is 23.8 Å². The maximum Gasteiger partial charge on any atom is 0.340 e. The molecule has 0 saturated heterocycles. The Morgan fingerprint density at radius 2 is 1.81 bits per heavy atom. The van der Waals surface area contributed by atoms with Gasteiger partial charge in [-0.1, -0.05) is 25.1 Å². The molecule has 32 heavy (non-hydrogen) atoms. The first-order chi connectivity index (χ1) is 15.4. The predicted octanol–water partition coefficient (Wildman–Crippen LogP) is 5.06. The number of methoxy groups -OCH3 is 1. The number of rotatable bonds is 8. The Kier molecular flexibility index (Phi) is 7.36. The number of ether oxygens (including phenoxy) is 3. The Labute approximate surface area is 189 Å². The summed E-state index contributed by atoms with van der Waals surface area (Å²) in [5.74, 6) is 0.412. The highest BCUT2D eigenvalue weighted by Gasteiger charge is 2.37. The molecule has 2 aromatic rings. The molecule has 0 bridgehead atoms. The molecule has 6 nitrogen and oxygen atoms in total. The largest absolute Gasteiger partial charge is 0.490 e. The smallest absolute Gasteiger partial charge is 0.340 e. The van der Waals surface area contributed by atoms with Crippen LogP contribution in [0.5, 0.6) is 11.5 Å². The van der Waals surface area contributed by atoms with Crippen LogP contribution in [0.15, 0.2) is 59.3 Å². The zero-order chi connectivity index (χ0) is 23.3. The van der Waals surface area contributed by atoms with Gasteiger partial charge in [0.05, 0.1) is 31.5 Å². The molecule has 0 aromatic heterocycles. The van der Waals surface area contributed by atoms with Crippen molar-refractivity contribution in [2.75, 3.05) is 25.2 Å². The number of hydrogen-bond acceptors (Lipinski definition) is 5. The van der Waals surface area contributed by atoms with Crippen LogP contribution in [-0.4, -0.2) is 32.2 Å². The van der Waals surface area contributed by atoms with Crippen LogP contribution in [-0.2, 0) is 14.3 Å². The van der Waals surface area contributed by atoms with Crippen molar-refractivity contribution in [2.45, 2.75) is 34.1 Å². The SMILES string of the molecule is CCCOc1ccc(/C=C2\C(=O)N(c3cccc(C)c3)C(C)=C2C(=O)OC)cc1OCC. The maximum absolute atomic E-state index is 13.4. The quantitative estimate of drug-likeness (QED) is 0.428. The summed E-state index contributed by atoms with van der Waals surface area (Å²) in [6.07, 6.45) is 2.58. The average Bonchev–Trinajstić information content (AvgIpc) is 3.02. The van der Waals surface area contributed by atoms with Crippen molar-refractivity contribution >= 4 is 23.6 Å². The summed E-state index contributed by atoms with van der Waals surface area (Å²) >= 11 is 0. The van der Waals surface area contributed by atoms with E-state index in [2.05, 4.69) is 0 Å². The third kappa shape index (κ3) is 4.69. The van der Waals surface area contributed by atoms with Gasteiger partial charge in [-0.2, -0.15) is 0 Å². The minimum atomic E-state index is -0.551. The van der Waals surface area contributed by atoms with E-state index in [4.69, 9.17) is 14.2 Å². The van der Waals surface area contributed by atoms with Gasteiger partial charge in [-0.05, 0) is 68.7 Å². The van der Waals surface area contributed by atoms with Crippen molar-refractivity contribution in [2.24, 2.45) is 0 Å². The molecule has 3 rings (SSSR count). The summed E-state index contributed by atoms with van der Waals surface area (Å²) < 4.78 is 16.5. The first kappa shape index (κ1) is 23.1. The number of carbonyl (C=O) groups excluding carboxylic acids is 2. The van der Waals surface area contributed by atoms with E-state index >= 15 is 0 Å². The molecule has 0 spiro atoms. The Morgan fingerprint density at radius 1 is 1.03 bits per heavy atom. The molecule has 1 heterocycles. The second kappa shape index (κ2) is 10.2. The van der Waals surface area contributed by atoms with Gasteiger partial charge in [-0.25, -0.2) is 4.79 Å². The van der Waals surface area contributed by atoms with E-state index in [1.807, 2.05) is 63.2 Å². The van der Waals surface area contributed by atoms with E-state index in [9.17, 15) is 9.59 Å². The molecule has 1 aliphatic heterocycles. The topological polar surface area (TPSA) is 65.1 Å². The third-order valence-electron chi connectivity index (χ3n) is 5.09. The standard InChI is InChI=1S/C26H29NO5/c1-6-13-32-22-12-11-19(16-23(22)31-7-2)15-21-24(26(29)30-5)18(4)27(25(21)28)20-10-8-9-17(3)14-20/h8-12,14-16H,6-7,13H2,1-5H3/b21-15-. The number of carbonyl (C=O) groups is 2. The molecule has 0 N–H and O–H groups in total. The number of anilines is 1. The second-order valence-electron chi connectivity index (χ2n) is 7.48. The molecule has 168 valence electrons. The summed E-state index contributed by atoms with van der Waals surface area (Å²) in [7, 11) is 1.31. The molecule has 0 fully saturated rings. The van der Waals surface area contributed by atoms with Crippen LogP contribution >= 0.6 is 0 Å². The zero-order valence-electron chi connectivity index (χ0n) is 19.2. The highest BCUT2D eigenvalue weighted by molar-refractivity contribution is 6.23. The fraction of sp³-hybridized carbons (Fsp3) is 0.308. The summed E-state index contributed by atoms with van der Waals surface area (Å²) in [4.78, 5) is 27.6. The lowest BCUT2D eigenvalue weighted by Crippen LogP contribution is -2.24. The van der Waals surface area contributed by atoms with Gasteiger partial charge in [-0.15, -0.1) is 0 Å². The van der Waals surface area contributed by atoms with E-state index in [0.29, 0.717) is 36.1 Å². The normalized spacial score (nSPS) is 14.8. The Balaban J connectivity index is 2.08. The van der Waals surface area contributed by atoms with Crippen LogP contribution in [0.25, 0.3) is 6.08 Å². The van der Waals surface area contributed by atoms with Crippen molar-refractivity contribution in [1.82, 2.24) is 0 Å². The zero-order valence-corrected chi connectivity index (χ0v) is 19.2. The first-order valence-corrected chi connectivity index (χ1v) is 10.7. The number of amides is 1. The number of allylic oxidation sites excluding steroid dienone is 1. The van der Waals surface area contributed by atoms with E-state index in [-0.39, 0.29) is 17.1 Å². The molecular weight excluding hydrogens is 406 g/mol. The van der Waals surface area contributed by atoms with Crippen LogP contribution in [0.3, 0.4) is 0 Å². The minimum Gasteiger partial charge on any atom is -0.490 e. The fourth-order valence-electron chi connectivity index (χ4n) is 3.64. The van der Waals surface area contributed by atoms with Gasteiger partial charge in [0.1, 0.15) is 0 Å². The molecule has 0 aliphatic carbocycles. The lowest BCUT2D eigenvalue weighted by atomic mass is 10.0. The van der Waals surface area contributed by atoms with Crippen LogP contribution in [0.4, 0.5) is 5.69 Å². The second-order valence-corrected chi connectivity index (χ2v) is 7.48. The van der Waals surface area contributed by atoms with Crippen LogP contribution < -0.4 is 14.4 Å². The monoisotopic (exact) mass is 435 g/mol. The number of hydrogen-bond donors (Lipinski definition) is 0. The highest BCUT2D eigenvalue weighted by atomic mass is 16.5. The lowest BCUT2D eigenvalue weighted by molar-refractivity contribution is -0.136. The van der Waals surface area contributed by atoms with Crippen molar-refractivity contribution in [3.05, 3.63) is 70.4 Å². The average molecular weight is 436 g/mol. The van der Waals surface area contributed by atoms with E-state index in [1.54, 1.807) is 17.9 Å². The molecule has 2 aromatic carbocycles. The van der Waals surface area contributed by atoms with Gasteiger partial charge in [0, 0.05) is 11.4 Å². The van der Waals surface area contributed by atoms with Crippen molar-refractivity contribution in [3.8, 4) is 11.5 Å². The minimum absolute atomic E-state index is 0.253. The number of aryl methyl sites for hydroxylation is 1. The van der Waals surface area contributed by atoms with Crippen molar-refractivity contribution in [1.29, 1.82) is 0 Å². The maximum atomic E-state index is 13.4. The molecular formula is C26H29NO5. The molecule has 1 amide bonds. The Hall–Kier alpha value is -3.54. The predicted molar refractivity (Wildman–Crippen MR) is 125 cm³/mol. The molecule has 0 radical (unpaired) electrons. The van der Waals surface area contributed by atoms with E-state index in [0.717, 1.165) is 17.5 Å². The van der Waals surface area contributed by atoms with Gasteiger partial charge in [0.2, 0.25) is 0 Å². The summed E-state index contributed by atoms with van der Waals surface area (Å²) in [5, 5.41) is 0. The van der Waals surface area contributed by atoms with Gasteiger partial charge in [0.25, 0.3) is 5.91 Å². The van der Waals surface area contributed by atoms with Gasteiger partial charge >= 0.3 is 5.97 Å². The molecule has 1 aliphatic rings. The van der Waals surface area contributed by atoms with Gasteiger partial charge < -0.3 is 14.2 Å². The fourth-order valence-corrected chi connectivity index (χ4v) is 3.64. The molecule has 6 heteroatoms. The van der Waals surface area contributed by atoms with Crippen LogP contribution in [0, 0.1) is 6.92 Å². The summed E-state index contributed by atoms with van der Waals surface area (Å²) in [5.41, 5.74) is 3.51. The molecule has 0 atom stereocenters. The number of esters is 1. The van der Waals surface area contributed by atoms with Crippen LogP contribution in [0.1, 0.15) is 38.3 Å². The third-order valence-corrected chi connectivity index (χ3v) is 5.09. The van der Waals surface area contributed by atoms with Crippen molar-refractivity contribution in [3.63, 3.8) is 0 Å². The Bertz CT molecular complexity index is 1080. The van der Waals surface area contributed by atoms with E-state index < -0.39 is 5.97 Å².